The molecule has 0 saturated carbocycles. The predicted molar refractivity (Wildman–Crippen MR) is 103 cm³/mol. The molecule has 0 radical (unpaired) electrons. The number of aromatic nitrogens is 2. The van der Waals surface area contributed by atoms with E-state index >= 15 is 0 Å². The van der Waals surface area contributed by atoms with Crippen LogP contribution in [0.3, 0.4) is 0 Å². The van der Waals surface area contributed by atoms with E-state index < -0.39 is 11.8 Å². The Morgan fingerprint density at radius 2 is 1.79 bits per heavy atom. The Morgan fingerprint density at radius 1 is 1.00 bits per heavy atom. The number of carboxylic acid groups (broad SMARTS) is 1. The summed E-state index contributed by atoms with van der Waals surface area (Å²) in [5.74, 6) is -0.873. The molecular formula is C21H12ClFN2O3. The van der Waals surface area contributed by atoms with Gasteiger partial charge < -0.3 is 9.84 Å². The second kappa shape index (κ2) is 7.25. The summed E-state index contributed by atoms with van der Waals surface area (Å²) in [7, 11) is 0. The lowest BCUT2D eigenvalue weighted by Gasteiger charge is -2.11. The molecule has 0 fully saturated rings. The number of nitrogens with zero attached hydrogens (tertiary/aromatic N) is 2. The highest BCUT2D eigenvalue weighted by Gasteiger charge is 2.14. The minimum atomic E-state index is -1.06. The third-order valence-electron chi connectivity index (χ3n) is 4.13. The number of halogens is 2. The number of rotatable bonds is 4. The monoisotopic (exact) mass is 394 g/mol. The van der Waals surface area contributed by atoms with Crippen LogP contribution in [-0.2, 0) is 0 Å². The van der Waals surface area contributed by atoms with Gasteiger partial charge in [-0.1, -0.05) is 29.8 Å². The number of benzene rings is 3. The lowest BCUT2D eigenvalue weighted by molar-refractivity contribution is 0.0696. The largest absolute Gasteiger partial charge is 0.478 e. The van der Waals surface area contributed by atoms with E-state index in [2.05, 4.69) is 9.97 Å². The number of fused-ring (bicyclic) bond motifs is 1. The molecule has 0 spiro atoms. The van der Waals surface area contributed by atoms with E-state index in [0.29, 0.717) is 33.1 Å². The minimum Gasteiger partial charge on any atom is -0.478 e. The molecule has 1 heterocycles. The molecule has 0 unspecified atom stereocenters. The highest BCUT2D eigenvalue weighted by atomic mass is 35.5. The molecule has 7 heteroatoms. The molecular weight excluding hydrogens is 383 g/mol. The first kappa shape index (κ1) is 17.9. The molecule has 1 N–H and O–H groups in total. The number of hydrogen-bond donors (Lipinski definition) is 1. The Morgan fingerprint density at radius 3 is 2.61 bits per heavy atom. The van der Waals surface area contributed by atoms with Crippen LogP contribution >= 0.6 is 11.6 Å². The van der Waals surface area contributed by atoms with Crippen LogP contribution in [0.5, 0.6) is 11.5 Å². The maximum atomic E-state index is 14.6. The summed E-state index contributed by atoms with van der Waals surface area (Å²) in [5.41, 5.74) is 1.22. The average molecular weight is 395 g/mol. The molecule has 0 aliphatic rings. The summed E-state index contributed by atoms with van der Waals surface area (Å²) < 4.78 is 20.3. The summed E-state index contributed by atoms with van der Waals surface area (Å²) >= 11 is 6.18. The van der Waals surface area contributed by atoms with Crippen LogP contribution in [0, 0.1) is 5.82 Å². The molecule has 0 aliphatic carbocycles. The molecule has 0 bridgehead atoms. The molecule has 1 aromatic heterocycles. The van der Waals surface area contributed by atoms with Crippen molar-refractivity contribution < 1.29 is 19.0 Å². The van der Waals surface area contributed by atoms with E-state index in [9.17, 15) is 9.18 Å². The average Bonchev–Trinajstić information content (AvgIpc) is 2.70. The van der Waals surface area contributed by atoms with Gasteiger partial charge in [0.2, 0.25) is 0 Å². The standard InChI is InChI=1S/C21H12ClFN2O3/c22-17-6-2-5-15-19(24-11-25-20(15)17)16-10-14(7-8-18(16)23)28-13-4-1-3-12(9-13)21(26)27/h1-11H,(H,26,27). The van der Waals surface area contributed by atoms with Crippen molar-refractivity contribution in [3.8, 4) is 22.8 Å². The van der Waals surface area contributed by atoms with Crippen LogP contribution in [-0.4, -0.2) is 21.0 Å². The van der Waals surface area contributed by atoms with E-state index in [1.54, 1.807) is 30.3 Å². The molecule has 4 rings (SSSR count). The van der Waals surface area contributed by atoms with Gasteiger partial charge in [-0.3, -0.25) is 0 Å². The molecule has 28 heavy (non-hydrogen) atoms. The zero-order valence-corrected chi connectivity index (χ0v) is 15.0. The van der Waals surface area contributed by atoms with Crippen LogP contribution in [0.1, 0.15) is 10.4 Å². The smallest absolute Gasteiger partial charge is 0.335 e. The van der Waals surface area contributed by atoms with Gasteiger partial charge in [0.15, 0.2) is 0 Å². The normalized spacial score (nSPS) is 10.8. The summed E-state index contributed by atoms with van der Waals surface area (Å²) in [4.78, 5) is 19.5. The van der Waals surface area contributed by atoms with Gasteiger partial charge in [-0.15, -0.1) is 0 Å². The van der Waals surface area contributed by atoms with E-state index in [1.165, 1.54) is 36.7 Å². The molecule has 138 valence electrons. The van der Waals surface area contributed by atoms with Crippen molar-refractivity contribution >= 4 is 28.5 Å². The van der Waals surface area contributed by atoms with E-state index in [1.807, 2.05) is 0 Å². The van der Waals surface area contributed by atoms with Gasteiger partial charge in [-0.05, 0) is 42.5 Å². The Hall–Kier alpha value is -3.51. The summed E-state index contributed by atoms with van der Waals surface area (Å²) in [6.07, 6.45) is 1.33. The van der Waals surface area contributed by atoms with Gasteiger partial charge in [-0.25, -0.2) is 19.2 Å². The number of aromatic carboxylic acids is 1. The van der Waals surface area contributed by atoms with Gasteiger partial charge in [0.05, 0.1) is 21.8 Å². The Balaban J connectivity index is 1.78. The van der Waals surface area contributed by atoms with Crippen molar-refractivity contribution in [2.45, 2.75) is 0 Å². The Kier molecular flexibility index (Phi) is 4.63. The fraction of sp³-hybridized carbons (Fsp3) is 0. The lowest BCUT2D eigenvalue weighted by atomic mass is 10.1. The predicted octanol–water partition coefficient (Wildman–Crippen LogP) is 5.58. The molecule has 0 aliphatic heterocycles. The second-order valence-corrected chi connectivity index (χ2v) is 6.34. The number of ether oxygens (including phenoxy) is 1. The van der Waals surface area contributed by atoms with E-state index in [4.69, 9.17) is 21.4 Å². The van der Waals surface area contributed by atoms with Crippen LogP contribution in [0.15, 0.2) is 67.0 Å². The third kappa shape index (κ3) is 3.37. The highest BCUT2D eigenvalue weighted by Crippen LogP contribution is 2.33. The van der Waals surface area contributed by atoms with Gasteiger partial charge in [0.25, 0.3) is 0 Å². The third-order valence-corrected chi connectivity index (χ3v) is 4.43. The molecule has 5 nitrogen and oxygen atoms in total. The lowest BCUT2D eigenvalue weighted by Crippen LogP contribution is -1.96. The van der Waals surface area contributed by atoms with Crippen LogP contribution < -0.4 is 4.74 Å². The number of hydrogen-bond acceptors (Lipinski definition) is 4. The van der Waals surface area contributed by atoms with Crippen molar-refractivity contribution in [2.24, 2.45) is 0 Å². The van der Waals surface area contributed by atoms with Gasteiger partial charge in [0.1, 0.15) is 23.6 Å². The van der Waals surface area contributed by atoms with Crippen molar-refractivity contribution in [3.05, 3.63) is 83.4 Å². The fourth-order valence-corrected chi connectivity index (χ4v) is 3.07. The zero-order valence-electron chi connectivity index (χ0n) is 14.3. The minimum absolute atomic E-state index is 0.0938. The summed E-state index contributed by atoms with van der Waals surface area (Å²) in [6.45, 7) is 0. The van der Waals surface area contributed by atoms with Gasteiger partial charge in [0, 0.05) is 10.9 Å². The molecule has 0 amide bonds. The molecule has 0 atom stereocenters. The maximum absolute atomic E-state index is 14.6. The van der Waals surface area contributed by atoms with Crippen LogP contribution in [0.2, 0.25) is 5.02 Å². The zero-order chi connectivity index (χ0) is 19.7. The molecule has 3 aromatic carbocycles. The second-order valence-electron chi connectivity index (χ2n) is 5.93. The SMILES string of the molecule is O=C(O)c1cccc(Oc2ccc(F)c(-c3ncnc4c(Cl)cccc34)c2)c1. The van der Waals surface area contributed by atoms with Crippen LogP contribution in [0.4, 0.5) is 4.39 Å². The first-order chi connectivity index (χ1) is 13.5. The van der Waals surface area contributed by atoms with Gasteiger partial charge >= 0.3 is 5.97 Å². The van der Waals surface area contributed by atoms with Crippen molar-refractivity contribution in [3.63, 3.8) is 0 Å². The Labute approximate surface area is 164 Å². The first-order valence-electron chi connectivity index (χ1n) is 8.23. The highest BCUT2D eigenvalue weighted by molar-refractivity contribution is 6.35. The van der Waals surface area contributed by atoms with E-state index in [-0.39, 0.29) is 11.1 Å². The van der Waals surface area contributed by atoms with Gasteiger partial charge in [-0.2, -0.15) is 0 Å². The first-order valence-corrected chi connectivity index (χ1v) is 8.61. The van der Waals surface area contributed by atoms with Crippen molar-refractivity contribution in [1.29, 1.82) is 0 Å². The number of para-hydroxylation sites is 1. The summed E-state index contributed by atoms with van der Waals surface area (Å²) in [6, 6.07) is 15.5. The van der Waals surface area contributed by atoms with Crippen molar-refractivity contribution in [1.82, 2.24) is 9.97 Å². The topological polar surface area (TPSA) is 72.3 Å². The van der Waals surface area contributed by atoms with Crippen LogP contribution in [0.25, 0.3) is 22.2 Å². The number of carbonyl (C=O) groups is 1. The van der Waals surface area contributed by atoms with Crippen molar-refractivity contribution in [2.75, 3.05) is 0 Å². The summed E-state index contributed by atoms with van der Waals surface area (Å²) in [5, 5.41) is 10.2. The molecule has 0 saturated heterocycles. The fourth-order valence-electron chi connectivity index (χ4n) is 2.84. The molecule has 4 aromatic rings. The quantitative estimate of drug-likeness (QED) is 0.489. The van der Waals surface area contributed by atoms with E-state index in [0.717, 1.165) is 0 Å². The maximum Gasteiger partial charge on any atom is 0.335 e. The Bertz CT molecular complexity index is 1210. The number of carboxylic acids is 1.